The van der Waals surface area contributed by atoms with Gasteiger partial charge in [-0.15, -0.1) is 0 Å². The predicted octanol–water partition coefficient (Wildman–Crippen LogP) is 2.88. The second-order valence-electron chi connectivity index (χ2n) is 6.72. The van der Waals surface area contributed by atoms with Crippen molar-refractivity contribution in [2.75, 3.05) is 59.1 Å². The molecule has 0 heterocycles. The molecule has 6 heteroatoms. The molecule has 0 bridgehead atoms. The van der Waals surface area contributed by atoms with Crippen LogP contribution in [0.15, 0.2) is 0 Å². The third-order valence-electron chi connectivity index (χ3n) is 4.05. The zero-order chi connectivity index (χ0) is 19.3. The first-order valence-electron chi connectivity index (χ1n) is 10.7. The summed E-state index contributed by atoms with van der Waals surface area (Å²) in [5.74, 6) is -0.981. The van der Waals surface area contributed by atoms with Gasteiger partial charge in [-0.05, 0) is 38.9 Å². The summed E-state index contributed by atoms with van der Waals surface area (Å²) in [4.78, 5) is 0. The van der Waals surface area contributed by atoms with Crippen LogP contribution in [0.25, 0.3) is 0 Å². The van der Waals surface area contributed by atoms with E-state index in [1.807, 2.05) is 6.92 Å². The Morgan fingerprint density at radius 3 is 1.12 bits per heavy atom. The van der Waals surface area contributed by atoms with E-state index in [-0.39, 0.29) is 0 Å². The number of nitrogens with one attached hydrogen (secondary N) is 3. The van der Waals surface area contributed by atoms with Gasteiger partial charge in [-0.25, -0.2) is 0 Å². The van der Waals surface area contributed by atoms with Crippen LogP contribution in [-0.2, 0) is 14.2 Å². The van der Waals surface area contributed by atoms with Gasteiger partial charge in [0.1, 0.15) is 0 Å². The Kier molecular flexibility index (Phi) is 19.3. The topological polar surface area (TPSA) is 63.8 Å². The fraction of sp³-hybridized carbons (Fsp3) is 1.00. The van der Waals surface area contributed by atoms with Gasteiger partial charge in [-0.2, -0.15) is 0 Å². The molecule has 0 unspecified atom stereocenters. The minimum Gasteiger partial charge on any atom is -0.326 e. The Balaban J connectivity index is 4.02. The molecule has 0 aliphatic carbocycles. The molecule has 26 heavy (non-hydrogen) atoms. The van der Waals surface area contributed by atoms with Crippen molar-refractivity contribution in [3.05, 3.63) is 0 Å². The Labute approximate surface area is 162 Å². The van der Waals surface area contributed by atoms with Crippen molar-refractivity contribution < 1.29 is 14.2 Å². The number of hydrogen-bond acceptors (Lipinski definition) is 6. The zero-order valence-electron chi connectivity index (χ0n) is 17.8. The lowest BCUT2D eigenvalue weighted by Crippen LogP contribution is -2.41. The van der Waals surface area contributed by atoms with E-state index in [1.54, 1.807) is 0 Å². The van der Waals surface area contributed by atoms with Crippen LogP contribution >= 0.6 is 0 Å². The van der Waals surface area contributed by atoms with E-state index in [0.29, 0.717) is 19.8 Å². The third kappa shape index (κ3) is 17.2. The minimum atomic E-state index is -0.981. The second kappa shape index (κ2) is 19.5. The highest BCUT2D eigenvalue weighted by atomic mass is 16.9. The molecule has 0 aromatic rings. The highest BCUT2D eigenvalue weighted by Crippen LogP contribution is 2.14. The molecule has 0 amide bonds. The lowest BCUT2D eigenvalue weighted by molar-refractivity contribution is -0.368. The van der Waals surface area contributed by atoms with Crippen molar-refractivity contribution in [2.24, 2.45) is 0 Å². The fourth-order valence-electron chi connectivity index (χ4n) is 2.33. The summed E-state index contributed by atoms with van der Waals surface area (Å²) in [6.45, 7) is 15.7. The quantitative estimate of drug-likeness (QED) is 0.212. The Morgan fingerprint density at radius 2 is 0.846 bits per heavy atom. The number of ether oxygens (including phenoxy) is 3. The van der Waals surface area contributed by atoms with Crippen LogP contribution < -0.4 is 16.0 Å². The van der Waals surface area contributed by atoms with Crippen LogP contribution in [0.2, 0.25) is 0 Å². The van der Waals surface area contributed by atoms with Crippen LogP contribution in [0.3, 0.4) is 0 Å². The van der Waals surface area contributed by atoms with E-state index < -0.39 is 5.97 Å². The molecular weight excluding hydrogens is 330 g/mol. The summed E-state index contributed by atoms with van der Waals surface area (Å²) in [6, 6.07) is 0. The number of rotatable bonds is 21. The molecule has 0 atom stereocenters. The number of hydrogen-bond donors (Lipinski definition) is 3. The maximum atomic E-state index is 5.90. The van der Waals surface area contributed by atoms with Crippen molar-refractivity contribution in [2.45, 2.75) is 72.2 Å². The Morgan fingerprint density at radius 1 is 0.538 bits per heavy atom. The van der Waals surface area contributed by atoms with Gasteiger partial charge in [0.2, 0.25) is 0 Å². The molecule has 6 nitrogen and oxygen atoms in total. The van der Waals surface area contributed by atoms with Gasteiger partial charge in [-0.3, -0.25) is 0 Å². The molecular formula is C20H45N3O3. The number of unbranched alkanes of at least 4 members (excludes halogenated alkanes) is 3. The molecule has 0 aromatic heterocycles. The van der Waals surface area contributed by atoms with E-state index in [9.17, 15) is 0 Å². The Hall–Kier alpha value is -0.240. The average molecular weight is 376 g/mol. The van der Waals surface area contributed by atoms with Crippen molar-refractivity contribution in [3.63, 3.8) is 0 Å². The fourth-order valence-corrected chi connectivity index (χ4v) is 2.33. The molecule has 0 spiro atoms. The molecule has 158 valence electrons. The molecule has 0 radical (unpaired) electrons. The first-order valence-corrected chi connectivity index (χ1v) is 10.7. The summed E-state index contributed by atoms with van der Waals surface area (Å²) in [5, 5.41) is 10.1. The smallest absolute Gasteiger partial charge is 0.280 e. The van der Waals surface area contributed by atoms with E-state index in [4.69, 9.17) is 14.2 Å². The summed E-state index contributed by atoms with van der Waals surface area (Å²) in [5.41, 5.74) is 0. The first kappa shape index (κ1) is 25.8. The first-order chi connectivity index (χ1) is 12.7. The maximum absolute atomic E-state index is 5.90. The summed E-state index contributed by atoms with van der Waals surface area (Å²) in [6.07, 6.45) is 7.18. The molecule has 0 rings (SSSR count). The Bertz CT molecular complexity index is 240. The monoisotopic (exact) mass is 375 g/mol. The van der Waals surface area contributed by atoms with Crippen LogP contribution in [0.5, 0.6) is 0 Å². The summed E-state index contributed by atoms with van der Waals surface area (Å²) < 4.78 is 17.7. The summed E-state index contributed by atoms with van der Waals surface area (Å²) in [7, 11) is 0. The molecule has 0 fully saturated rings. The normalized spacial score (nSPS) is 12.0. The molecule has 0 saturated heterocycles. The van der Waals surface area contributed by atoms with Gasteiger partial charge in [-0.1, -0.05) is 40.0 Å². The van der Waals surface area contributed by atoms with Crippen LogP contribution in [0.1, 0.15) is 66.2 Å². The molecule has 0 saturated carbocycles. The predicted molar refractivity (Wildman–Crippen MR) is 110 cm³/mol. The SMILES string of the molecule is CCCCNCCOC(C)(OCCNCCCC)OCCNCCCC. The van der Waals surface area contributed by atoms with Gasteiger partial charge in [0.15, 0.2) is 0 Å². The molecule has 0 aromatic carbocycles. The van der Waals surface area contributed by atoms with Crippen molar-refractivity contribution in [1.82, 2.24) is 16.0 Å². The standard InChI is InChI=1S/C20H45N3O3/c1-5-8-11-21-14-17-24-20(4,25-18-15-22-12-9-6-2)26-19-16-23-13-10-7-3/h21-23H,5-19H2,1-4H3. The van der Waals surface area contributed by atoms with Gasteiger partial charge < -0.3 is 30.2 Å². The van der Waals surface area contributed by atoms with Gasteiger partial charge in [0, 0.05) is 26.6 Å². The lowest BCUT2D eigenvalue weighted by atomic mass is 10.3. The lowest BCUT2D eigenvalue weighted by Gasteiger charge is -2.30. The van der Waals surface area contributed by atoms with Crippen LogP contribution in [0, 0.1) is 0 Å². The van der Waals surface area contributed by atoms with Crippen molar-refractivity contribution in [1.29, 1.82) is 0 Å². The highest BCUT2D eigenvalue weighted by Gasteiger charge is 2.26. The third-order valence-corrected chi connectivity index (χ3v) is 4.05. The average Bonchev–Trinajstić information content (AvgIpc) is 2.64. The largest absolute Gasteiger partial charge is 0.326 e. The van der Waals surface area contributed by atoms with E-state index >= 15 is 0 Å². The van der Waals surface area contributed by atoms with E-state index in [2.05, 4.69) is 36.7 Å². The van der Waals surface area contributed by atoms with Gasteiger partial charge in [0.05, 0.1) is 19.8 Å². The van der Waals surface area contributed by atoms with Gasteiger partial charge >= 0.3 is 0 Å². The molecule has 3 N–H and O–H groups in total. The van der Waals surface area contributed by atoms with Gasteiger partial charge in [0.25, 0.3) is 5.97 Å². The van der Waals surface area contributed by atoms with Crippen LogP contribution in [0.4, 0.5) is 0 Å². The molecule has 0 aliphatic rings. The van der Waals surface area contributed by atoms with Crippen LogP contribution in [-0.4, -0.2) is 65.1 Å². The minimum absolute atomic E-state index is 0.576. The zero-order valence-corrected chi connectivity index (χ0v) is 17.8. The van der Waals surface area contributed by atoms with Crippen molar-refractivity contribution >= 4 is 0 Å². The highest BCUT2D eigenvalue weighted by molar-refractivity contribution is 4.55. The van der Waals surface area contributed by atoms with Crippen molar-refractivity contribution in [3.8, 4) is 0 Å². The molecule has 0 aliphatic heterocycles. The van der Waals surface area contributed by atoms with E-state index in [0.717, 1.165) is 39.3 Å². The van der Waals surface area contributed by atoms with E-state index in [1.165, 1.54) is 38.5 Å². The second-order valence-corrected chi connectivity index (χ2v) is 6.72. The maximum Gasteiger partial charge on any atom is 0.280 e. The summed E-state index contributed by atoms with van der Waals surface area (Å²) >= 11 is 0.